The molecule has 11 heavy (non-hydrogen) atoms. The first kappa shape index (κ1) is 6.47. The van der Waals surface area contributed by atoms with Crippen molar-refractivity contribution in [3.8, 4) is 0 Å². The average molecular weight is 151 g/mol. The van der Waals surface area contributed by atoms with Gasteiger partial charge in [-0.05, 0) is 44.1 Å². The number of nitrogens with zero attached hydrogens (tertiary/aromatic N) is 1. The molecule has 0 N–H and O–H groups in total. The summed E-state index contributed by atoms with van der Waals surface area (Å²) in [5.41, 5.74) is 0.790. The van der Waals surface area contributed by atoms with Crippen LogP contribution in [0, 0.1) is 11.3 Å². The monoisotopic (exact) mass is 151 g/mol. The molecule has 2 bridgehead atoms. The van der Waals surface area contributed by atoms with E-state index in [1.165, 1.54) is 25.7 Å². The summed E-state index contributed by atoms with van der Waals surface area (Å²) in [5, 5.41) is 0. The molecule has 62 valence electrons. The Labute approximate surface area is 68.8 Å². The van der Waals surface area contributed by atoms with E-state index in [4.69, 9.17) is 0 Å². The summed E-state index contributed by atoms with van der Waals surface area (Å²) >= 11 is 0. The van der Waals surface area contributed by atoms with Crippen LogP contribution in [0.2, 0.25) is 0 Å². The maximum Gasteiger partial charge on any atom is 0.0129 e. The molecule has 2 aliphatic heterocycles. The Balaban J connectivity index is 1.94. The minimum Gasteiger partial charge on any atom is -0.300 e. The lowest BCUT2D eigenvalue weighted by molar-refractivity contribution is 0.135. The molecular weight excluding hydrogens is 134 g/mol. The SMILES string of the molecule is CN1[C@@H]2CC[C@H]1[C@@H]1C[C@]1(C)C2. The average Bonchev–Trinajstić information content (AvgIpc) is 2.50. The van der Waals surface area contributed by atoms with Crippen molar-refractivity contribution < 1.29 is 0 Å². The first-order valence-electron chi connectivity index (χ1n) is 4.93. The Bertz CT molecular complexity index is 201. The second-order valence-electron chi connectivity index (χ2n) is 5.13. The Morgan fingerprint density at radius 3 is 2.91 bits per heavy atom. The molecule has 2 saturated heterocycles. The molecule has 0 aromatic rings. The first-order chi connectivity index (χ1) is 5.21. The Kier molecular flexibility index (Phi) is 0.976. The first-order valence-corrected chi connectivity index (χ1v) is 4.93. The maximum absolute atomic E-state index is 2.65. The van der Waals surface area contributed by atoms with E-state index >= 15 is 0 Å². The van der Waals surface area contributed by atoms with Crippen LogP contribution in [0.3, 0.4) is 0 Å². The molecule has 1 saturated carbocycles. The molecule has 0 aromatic heterocycles. The van der Waals surface area contributed by atoms with Crippen molar-refractivity contribution in [3.05, 3.63) is 0 Å². The highest BCUT2D eigenvalue weighted by Crippen LogP contribution is 2.64. The van der Waals surface area contributed by atoms with Gasteiger partial charge in [0.15, 0.2) is 0 Å². The molecule has 0 unspecified atom stereocenters. The predicted octanol–water partition coefficient (Wildman–Crippen LogP) is 1.88. The molecule has 0 radical (unpaired) electrons. The van der Waals surface area contributed by atoms with Crippen LogP contribution >= 0.6 is 0 Å². The van der Waals surface area contributed by atoms with Crippen molar-refractivity contribution in [1.29, 1.82) is 0 Å². The quantitative estimate of drug-likeness (QED) is 0.511. The van der Waals surface area contributed by atoms with Gasteiger partial charge in [-0.3, -0.25) is 0 Å². The summed E-state index contributed by atoms with van der Waals surface area (Å²) in [6.07, 6.45) is 5.98. The van der Waals surface area contributed by atoms with Crippen molar-refractivity contribution in [2.45, 2.75) is 44.7 Å². The molecule has 0 amide bonds. The summed E-state index contributed by atoms with van der Waals surface area (Å²) in [7, 11) is 2.33. The summed E-state index contributed by atoms with van der Waals surface area (Å²) in [5.74, 6) is 1.08. The van der Waals surface area contributed by atoms with Gasteiger partial charge in [-0.2, -0.15) is 0 Å². The molecule has 0 aromatic carbocycles. The van der Waals surface area contributed by atoms with E-state index < -0.39 is 0 Å². The highest BCUT2D eigenvalue weighted by molar-refractivity contribution is 5.13. The minimum absolute atomic E-state index is 0.790. The van der Waals surface area contributed by atoms with Crippen LogP contribution in [0.5, 0.6) is 0 Å². The number of hydrogen-bond acceptors (Lipinski definition) is 1. The van der Waals surface area contributed by atoms with E-state index in [1.54, 1.807) is 0 Å². The van der Waals surface area contributed by atoms with Crippen LogP contribution in [-0.4, -0.2) is 24.0 Å². The highest BCUT2D eigenvalue weighted by atomic mass is 15.2. The number of piperidine rings is 1. The number of fused-ring (bicyclic) bond motifs is 4. The van der Waals surface area contributed by atoms with Gasteiger partial charge in [-0.15, -0.1) is 0 Å². The molecule has 2 heterocycles. The summed E-state index contributed by atoms with van der Waals surface area (Å²) in [4.78, 5) is 2.65. The molecule has 1 nitrogen and oxygen atoms in total. The fraction of sp³-hybridized carbons (Fsp3) is 1.00. The zero-order valence-corrected chi connectivity index (χ0v) is 7.51. The fourth-order valence-corrected chi connectivity index (χ4v) is 3.59. The third kappa shape index (κ3) is 0.658. The lowest BCUT2D eigenvalue weighted by atomic mass is 9.92. The van der Waals surface area contributed by atoms with Crippen molar-refractivity contribution in [1.82, 2.24) is 4.90 Å². The molecule has 1 aliphatic carbocycles. The van der Waals surface area contributed by atoms with Gasteiger partial charge in [-0.25, -0.2) is 0 Å². The Morgan fingerprint density at radius 2 is 2.09 bits per heavy atom. The summed E-state index contributed by atoms with van der Waals surface area (Å²) in [6, 6.07) is 1.92. The van der Waals surface area contributed by atoms with E-state index in [2.05, 4.69) is 18.9 Å². The van der Waals surface area contributed by atoms with Crippen LogP contribution in [0.15, 0.2) is 0 Å². The second-order valence-corrected chi connectivity index (χ2v) is 5.13. The molecule has 0 spiro atoms. The second kappa shape index (κ2) is 1.66. The molecular formula is C10H17N. The standard InChI is InChI=1S/C10H17N/c1-10-5-7-3-4-9(11(7)2)8(10)6-10/h7-9H,3-6H2,1-2H3/t7-,8+,9+,10+/m1/s1. The van der Waals surface area contributed by atoms with E-state index in [-0.39, 0.29) is 0 Å². The van der Waals surface area contributed by atoms with Gasteiger partial charge in [0.2, 0.25) is 0 Å². The van der Waals surface area contributed by atoms with E-state index in [0.717, 1.165) is 23.4 Å². The molecule has 3 rings (SSSR count). The van der Waals surface area contributed by atoms with Gasteiger partial charge >= 0.3 is 0 Å². The maximum atomic E-state index is 2.65. The van der Waals surface area contributed by atoms with Gasteiger partial charge in [0, 0.05) is 12.1 Å². The molecule has 4 atom stereocenters. The minimum atomic E-state index is 0.790. The van der Waals surface area contributed by atoms with Crippen LogP contribution in [-0.2, 0) is 0 Å². The molecule has 1 heteroatoms. The third-order valence-electron chi connectivity index (χ3n) is 4.48. The Morgan fingerprint density at radius 1 is 1.27 bits per heavy atom. The summed E-state index contributed by atoms with van der Waals surface area (Å²) in [6.45, 7) is 2.50. The smallest absolute Gasteiger partial charge is 0.0129 e. The van der Waals surface area contributed by atoms with Crippen molar-refractivity contribution >= 4 is 0 Å². The fourth-order valence-electron chi connectivity index (χ4n) is 3.59. The largest absolute Gasteiger partial charge is 0.300 e. The van der Waals surface area contributed by atoms with Gasteiger partial charge < -0.3 is 4.90 Å². The zero-order chi connectivity index (χ0) is 7.64. The van der Waals surface area contributed by atoms with E-state index in [9.17, 15) is 0 Å². The van der Waals surface area contributed by atoms with Crippen LogP contribution in [0.25, 0.3) is 0 Å². The van der Waals surface area contributed by atoms with Crippen LogP contribution in [0.1, 0.15) is 32.6 Å². The Hall–Kier alpha value is -0.0400. The van der Waals surface area contributed by atoms with Crippen molar-refractivity contribution in [2.75, 3.05) is 7.05 Å². The third-order valence-corrected chi connectivity index (χ3v) is 4.48. The van der Waals surface area contributed by atoms with Gasteiger partial charge in [0.25, 0.3) is 0 Å². The van der Waals surface area contributed by atoms with Crippen LogP contribution < -0.4 is 0 Å². The van der Waals surface area contributed by atoms with Crippen molar-refractivity contribution in [2.24, 2.45) is 11.3 Å². The topological polar surface area (TPSA) is 3.24 Å². The van der Waals surface area contributed by atoms with E-state index in [1.807, 2.05) is 0 Å². The number of hydrogen-bond donors (Lipinski definition) is 0. The lowest BCUT2D eigenvalue weighted by Gasteiger charge is -2.34. The van der Waals surface area contributed by atoms with Crippen molar-refractivity contribution in [3.63, 3.8) is 0 Å². The van der Waals surface area contributed by atoms with Gasteiger partial charge in [0.1, 0.15) is 0 Å². The zero-order valence-electron chi connectivity index (χ0n) is 7.51. The van der Waals surface area contributed by atoms with E-state index in [0.29, 0.717) is 0 Å². The molecule has 3 fully saturated rings. The van der Waals surface area contributed by atoms with Gasteiger partial charge in [-0.1, -0.05) is 6.92 Å². The molecule has 3 aliphatic rings. The predicted molar refractivity (Wildman–Crippen MR) is 45.4 cm³/mol. The van der Waals surface area contributed by atoms with Crippen LogP contribution in [0.4, 0.5) is 0 Å². The van der Waals surface area contributed by atoms with Gasteiger partial charge in [0.05, 0.1) is 0 Å². The highest BCUT2D eigenvalue weighted by Gasteiger charge is 2.61. The number of rotatable bonds is 0. The lowest BCUT2D eigenvalue weighted by Crippen LogP contribution is -2.40. The normalized spacial score (nSPS) is 61.1. The summed E-state index contributed by atoms with van der Waals surface area (Å²) < 4.78 is 0.